The van der Waals surface area contributed by atoms with Crippen molar-refractivity contribution >= 4 is 11.6 Å². The fourth-order valence-corrected chi connectivity index (χ4v) is 2.01. The number of anilines is 2. The van der Waals surface area contributed by atoms with Crippen LogP contribution < -0.4 is 15.0 Å². The Bertz CT molecular complexity index is 601. The van der Waals surface area contributed by atoms with E-state index in [9.17, 15) is 0 Å². The number of hydrogen-bond donors (Lipinski definition) is 1. The Kier molecular flexibility index (Phi) is 5.11. The fraction of sp³-hybridized carbons (Fsp3) is 0.375. The number of aryl methyl sites for hydroxylation is 1. The Morgan fingerprint density at radius 3 is 2.81 bits per heavy atom. The maximum absolute atomic E-state index is 5.25. The number of benzene rings is 1. The van der Waals surface area contributed by atoms with Gasteiger partial charge in [-0.15, -0.1) is 0 Å². The number of aromatic nitrogens is 2. The molecule has 0 atom stereocenters. The van der Waals surface area contributed by atoms with Crippen molar-refractivity contribution in [2.45, 2.75) is 20.4 Å². The monoisotopic (exact) mass is 286 g/mol. The second-order valence-corrected chi connectivity index (χ2v) is 4.82. The molecule has 0 bridgehead atoms. The summed E-state index contributed by atoms with van der Waals surface area (Å²) < 4.78 is 5.25. The first kappa shape index (κ1) is 15.3. The summed E-state index contributed by atoms with van der Waals surface area (Å²) in [6.07, 6.45) is 1.89. The quantitative estimate of drug-likeness (QED) is 0.884. The molecular weight excluding hydrogens is 264 g/mol. The normalized spacial score (nSPS) is 10.5. The Morgan fingerprint density at radius 1 is 1.33 bits per heavy atom. The SMILES string of the molecule is CCNCc1cnc(N(C)c2cccc(OC)c2)nc1C. The Balaban J connectivity index is 2.22. The zero-order valence-corrected chi connectivity index (χ0v) is 13.1. The largest absolute Gasteiger partial charge is 0.497 e. The number of nitrogens with zero attached hydrogens (tertiary/aromatic N) is 3. The maximum Gasteiger partial charge on any atom is 0.229 e. The topological polar surface area (TPSA) is 50.3 Å². The minimum Gasteiger partial charge on any atom is -0.497 e. The zero-order valence-electron chi connectivity index (χ0n) is 13.1. The molecule has 112 valence electrons. The molecule has 0 spiro atoms. The zero-order chi connectivity index (χ0) is 15.2. The summed E-state index contributed by atoms with van der Waals surface area (Å²) in [6.45, 7) is 5.83. The number of nitrogens with one attached hydrogen (secondary N) is 1. The van der Waals surface area contributed by atoms with Crippen molar-refractivity contribution in [3.8, 4) is 5.75 Å². The Morgan fingerprint density at radius 2 is 2.14 bits per heavy atom. The van der Waals surface area contributed by atoms with Crippen LogP contribution >= 0.6 is 0 Å². The molecule has 0 unspecified atom stereocenters. The molecule has 2 rings (SSSR count). The Labute approximate surface area is 126 Å². The van der Waals surface area contributed by atoms with Crippen LogP contribution in [0.4, 0.5) is 11.6 Å². The number of hydrogen-bond acceptors (Lipinski definition) is 5. The van der Waals surface area contributed by atoms with Crippen molar-refractivity contribution < 1.29 is 4.74 Å². The van der Waals surface area contributed by atoms with Crippen LogP contribution in [0.25, 0.3) is 0 Å². The van der Waals surface area contributed by atoms with Crippen LogP contribution in [0.1, 0.15) is 18.2 Å². The summed E-state index contributed by atoms with van der Waals surface area (Å²) in [5.41, 5.74) is 3.11. The van der Waals surface area contributed by atoms with Gasteiger partial charge in [-0.25, -0.2) is 9.97 Å². The van der Waals surface area contributed by atoms with Crippen molar-refractivity contribution in [1.82, 2.24) is 15.3 Å². The van der Waals surface area contributed by atoms with Crippen LogP contribution in [0.5, 0.6) is 5.75 Å². The van der Waals surface area contributed by atoms with E-state index < -0.39 is 0 Å². The number of methoxy groups -OCH3 is 1. The smallest absolute Gasteiger partial charge is 0.229 e. The second-order valence-electron chi connectivity index (χ2n) is 4.82. The van der Waals surface area contributed by atoms with Gasteiger partial charge in [0.25, 0.3) is 0 Å². The van der Waals surface area contributed by atoms with Crippen LogP contribution in [0.15, 0.2) is 30.5 Å². The molecule has 0 aliphatic rings. The molecule has 1 aromatic heterocycles. The van der Waals surface area contributed by atoms with E-state index in [-0.39, 0.29) is 0 Å². The predicted octanol–water partition coefficient (Wildman–Crippen LogP) is 2.67. The van der Waals surface area contributed by atoms with E-state index in [0.29, 0.717) is 5.95 Å². The molecule has 2 aromatic rings. The van der Waals surface area contributed by atoms with Gasteiger partial charge in [-0.3, -0.25) is 0 Å². The van der Waals surface area contributed by atoms with Crippen molar-refractivity contribution in [2.75, 3.05) is 25.6 Å². The summed E-state index contributed by atoms with van der Waals surface area (Å²) in [7, 11) is 3.61. The van der Waals surface area contributed by atoms with Crippen LogP contribution in [0.2, 0.25) is 0 Å². The molecule has 0 aliphatic heterocycles. The van der Waals surface area contributed by atoms with Crippen LogP contribution in [-0.2, 0) is 6.54 Å². The summed E-state index contributed by atoms with van der Waals surface area (Å²) >= 11 is 0. The van der Waals surface area contributed by atoms with E-state index >= 15 is 0 Å². The van der Waals surface area contributed by atoms with Gasteiger partial charge in [0.15, 0.2) is 0 Å². The lowest BCUT2D eigenvalue weighted by atomic mass is 10.2. The van der Waals surface area contributed by atoms with Gasteiger partial charge < -0.3 is 15.0 Å². The first-order valence-electron chi connectivity index (χ1n) is 7.06. The Hall–Kier alpha value is -2.14. The molecule has 1 N–H and O–H groups in total. The third-order valence-corrected chi connectivity index (χ3v) is 3.37. The van der Waals surface area contributed by atoms with E-state index in [1.54, 1.807) is 7.11 Å². The van der Waals surface area contributed by atoms with Gasteiger partial charge in [-0.2, -0.15) is 0 Å². The lowest BCUT2D eigenvalue weighted by Gasteiger charge is -2.19. The highest BCUT2D eigenvalue weighted by molar-refractivity contribution is 5.58. The molecule has 0 radical (unpaired) electrons. The predicted molar refractivity (Wildman–Crippen MR) is 85.2 cm³/mol. The molecule has 0 saturated heterocycles. The molecule has 0 saturated carbocycles. The van der Waals surface area contributed by atoms with Gasteiger partial charge >= 0.3 is 0 Å². The fourth-order valence-electron chi connectivity index (χ4n) is 2.01. The van der Waals surface area contributed by atoms with Gasteiger partial charge in [-0.1, -0.05) is 13.0 Å². The lowest BCUT2D eigenvalue weighted by molar-refractivity contribution is 0.415. The molecule has 0 fully saturated rings. The van der Waals surface area contributed by atoms with E-state index in [1.165, 1.54) is 0 Å². The van der Waals surface area contributed by atoms with Crippen molar-refractivity contribution in [2.24, 2.45) is 0 Å². The highest BCUT2D eigenvalue weighted by Crippen LogP contribution is 2.24. The number of ether oxygens (including phenoxy) is 1. The van der Waals surface area contributed by atoms with Gasteiger partial charge in [-0.05, 0) is 25.6 Å². The van der Waals surface area contributed by atoms with Crippen LogP contribution in [0.3, 0.4) is 0 Å². The van der Waals surface area contributed by atoms with Gasteiger partial charge in [0.2, 0.25) is 5.95 Å². The lowest BCUT2D eigenvalue weighted by Crippen LogP contribution is -2.17. The molecule has 1 aromatic carbocycles. The first-order chi connectivity index (χ1) is 10.2. The molecular formula is C16H22N4O. The minimum atomic E-state index is 0.681. The summed E-state index contributed by atoms with van der Waals surface area (Å²) in [5.74, 6) is 1.50. The molecule has 0 amide bonds. The van der Waals surface area contributed by atoms with Crippen molar-refractivity contribution in [3.63, 3.8) is 0 Å². The average molecular weight is 286 g/mol. The number of rotatable bonds is 6. The van der Waals surface area contributed by atoms with Crippen molar-refractivity contribution in [3.05, 3.63) is 41.7 Å². The summed E-state index contributed by atoms with van der Waals surface area (Å²) in [6, 6.07) is 7.85. The minimum absolute atomic E-state index is 0.681. The second kappa shape index (κ2) is 7.04. The third kappa shape index (κ3) is 3.70. The molecule has 21 heavy (non-hydrogen) atoms. The van der Waals surface area contributed by atoms with Gasteiger partial charge in [0.05, 0.1) is 7.11 Å². The third-order valence-electron chi connectivity index (χ3n) is 3.37. The molecule has 0 aliphatic carbocycles. The van der Waals surface area contributed by atoms with Gasteiger partial charge in [0, 0.05) is 42.8 Å². The standard InChI is InChI=1S/C16H22N4O/c1-5-17-10-13-11-18-16(19-12(13)2)20(3)14-7-6-8-15(9-14)21-4/h6-9,11,17H,5,10H2,1-4H3. The average Bonchev–Trinajstić information content (AvgIpc) is 2.53. The van der Waals surface area contributed by atoms with E-state index in [1.807, 2.05) is 49.3 Å². The summed E-state index contributed by atoms with van der Waals surface area (Å²) in [4.78, 5) is 11.0. The molecule has 1 heterocycles. The molecule has 5 heteroatoms. The van der Waals surface area contributed by atoms with E-state index in [0.717, 1.165) is 35.8 Å². The van der Waals surface area contributed by atoms with E-state index in [2.05, 4.69) is 22.2 Å². The molecule has 5 nitrogen and oxygen atoms in total. The van der Waals surface area contributed by atoms with Crippen LogP contribution in [0, 0.1) is 6.92 Å². The highest BCUT2D eigenvalue weighted by atomic mass is 16.5. The van der Waals surface area contributed by atoms with E-state index in [4.69, 9.17) is 4.74 Å². The van der Waals surface area contributed by atoms with Crippen molar-refractivity contribution in [1.29, 1.82) is 0 Å². The maximum atomic E-state index is 5.25. The van der Waals surface area contributed by atoms with Gasteiger partial charge in [0.1, 0.15) is 5.75 Å². The first-order valence-corrected chi connectivity index (χ1v) is 7.06. The summed E-state index contributed by atoms with van der Waals surface area (Å²) in [5, 5.41) is 3.29. The highest BCUT2D eigenvalue weighted by Gasteiger charge is 2.10. The van der Waals surface area contributed by atoms with Crippen LogP contribution in [-0.4, -0.2) is 30.7 Å².